The third-order valence-electron chi connectivity index (χ3n) is 3.09. The highest BCUT2D eigenvalue weighted by Crippen LogP contribution is 2.29. The number of rotatable bonds is 4. The van der Waals surface area contributed by atoms with Gasteiger partial charge in [-0.05, 0) is 18.2 Å². The minimum Gasteiger partial charge on any atom is -0.488 e. The lowest BCUT2D eigenvalue weighted by molar-refractivity contribution is 0.202. The first-order valence-corrected chi connectivity index (χ1v) is 7.27. The molecule has 6 heteroatoms. The van der Waals surface area contributed by atoms with Gasteiger partial charge in [0, 0.05) is 29.9 Å². The van der Waals surface area contributed by atoms with Gasteiger partial charge in [0.2, 0.25) is 0 Å². The van der Waals surface area contributed by atoms with Crippen molar-refractivity contribution in [2.24, 2.45) is 0 Å². The summed E-state index contributed by atoms with van der Waals surface area (Å²) in [6.07, 6.45) is 3.49. The molecule has 0 N–H and O–H groups in total. The van der Waals surface area contributed by atoms with Crippen LogP contribution < -0.4 is 4.74 Å². The Balaban J connectivity index is 1.66. The monoisotopic (exact) mass is 325 g/mol. The van der Waals surface area contributed by atoms with Crippen LogP contribution in [-0.4, -0.2) is 26.4 Å². The second kappa shape index (κ2) is 5.28. The van der Waals surface area contributed by atoms with E-state index in [1.165, 1.54) is 12.1 Å². The van der Waals surface area contributed by atoms with Crippen molar-refractivity contribution in [1.29, 1.82) is 0 Å². The van der Waals surface area contributed by atoms with Crippen molar-refractivity contribution < 1.29 is 9.13 Å². The third kappa shape index (κ3) is 2.78. The number of aryl methyl sites for hydroxylation is 1. The zero-order valence-corrected chi connectivity index (χ0v) is 11.8. The SMILES string of the molecule is Fc1ccc2c(c1)CC(Cn1cc(CCBr)nn1)O2. The van der Waals surface area contributed by atoms with Crippen molar-refractivity contribution in [3.05, 3.63) is 41.5 Å². The van der Waals surface area contributed by atoms with E-state index in [9.17, 15) is 4.39 Å². The summed E-state index contributed by atoms with van der Waals surface area (Å²) in [5.74, 6) is 0.551. The Morgan fingerprint density at radius 1 is 1.47 bits per heavy atom. The molecule has 4 nitrogen and oxygen atoms in total. The molecule has 0 aliphatic carbocycles. The van der Waals surface area contributed by atoms with Crippen molar-refractivity contribution in [3.63, 3.8) is 0 Å². The van der Waals surface area contributed by atoms with E-state index in [4.69, 9.17) is 4.74 Å². The van der Waals surface area contributed by atoms with E-state index in [-0.39, 0.29) is 11.9 Å². The predicted octanol–water partition coefficient (Wildman–Crippen LogP) is 2.36. The number of hydrogen-bond acceptors (Lipinski definition) is 3. The Hall–Kier alpha value is -1.43. The van der Waals surface area contributed by atoms with E-state index in [2.05, 4.69) is 26.2 Å². The second-order valence-corrected chi connectivity index (χ2v) is 5.36. The molecular weight excluding hydrogens is 313 g/mol. The number of alkyl halides is 1. The average molecular weight is 326 g/mol. The van der Waals surface area contributed by atoms with E-state index >= 15 is 0 Å². The maximum Gasteiger partial charge on any atom is 0.123 e. The molecule has 0 fully saturated rings. The first kappa shape index (κ1) is 12.6. The van der Waals surface area contributed by atoms with Crippen molar-refractivity contribution in [2.75, 3.05) is 5.33 Å². The molecule has 0 saturated heterocycles. The van der Waals surface area contributed by atoms with Gasteiger partial charge >= 0.3 is 0 Å². The smallest absolute Gasteiger partial charge is 0.123 e. The first-order valence-electron chi connectivity index (χ1n) is 6.14. The van der Waals surface area contributed by atoms with Crippen LogP contribution in [0.15, 0.2) is 24.4 Å². The molecule has 0 spiro atoms. The maximum atomic E-state index is 13.1. The highest BCUT2D eigenvalue weighted by molar-refractivity contribution is 9.09. The summed E-state index contributed by atoms with van der Waals surface area (Å²) in [6, 6.07) is 4.64. The Kier molecular flexibility index (Phi) is 3.50. The van der Waals surface area contributed by atoms with Gasteiger partial charge in [0.05, 0.1) is 12.2 Å². The molecule has 3 rings (SSSR count). The van der Waals surface area contributed by atoms with Crippen molar-refractivity contribution in [1.82, 2.24) is 15.0 Å². The molecule has 1 atom stereocenters. The van der Waals surface area contributed by atoms with Gasteiger partial charge in [-0.3, -0.25) is 0 Å². The summed E-state index contributed by atoms with van der Waals surface area (Å²) in [5, 5.41) is 9.02. The number of benzene rings is 1. The summed E-state index contributed by atoms with van der Waals surface area (Å²) >= 11 is 3.37. The van der Waals surface area contributed by atoms with E-state index in [1.807, 2.05) is 6.20 Å². The molecule has 0 radical (unpaired) electrons. The van der Waals surface area contributed by atoms with Crippen LogP contribution in [0.3, 0.4) is 0 Å². The number of ether oxygens (including phenoxy) is 1. The molecule has 1 unspecified atom stereocenters. The number of nitrogens with zero attached hydrogens (tertiary/aromatic N) is 3. The Bertz CT molecular complexity index is 587. The molecule has 1 aromatic carbocycles. The van der Waals surface area contributed by atoms with Crippen LogP contribution in [0.5, 0.6) is 5.75 Å². The number of fused-ring (bicyclic) bond motifs is 1. The van der Waals surface area contributed by atoms with Gasteiger partial charge in [0.25, 0.3) is 0 Å². The van der Waals surface area contributed by atoms with Gasteiger partial charge in [-0.15, -0.1) is 5.10 Å². The molecule has 1 aromatic heterocycles. The minimum absolute atomic E-state index is 0.00433. The Labute approximate surface area is 118 Å². The van der Waals surface area contributed by atoms with E-state index < -0.39 is 0 Å². The lowest BCUT2D eigenvalue weighted by atomic mass is 10.1. The minimum atomic E-state index is -0.219. The fourth-order valence-corrected chi connectivity index (χ4v) is 2.64. The standard InChI is InChI=1S/C13H13BrFN3O/c14-4-3-11-7-18(17-16-11)8-12-6-9-5-10(15)1-2-13(9)19-12/h1-2,5,7,12H,3-4,6,8H2. The van der Waals surface area contributed by atoms with Gasteiger partial charge in [-0.2, -0.15) is 0 Å². The van der Waals surface area contributed by atoms with Gasteiger partial charge in [-0.25, -0.2) is 9.07 Å². The molecule has 100 valence electrons. The number of aromatic nitrogens is 3. The highest BCUT2D eigenvalue weighted by Gasteiger charge is 2.24. The number of halogens is 2. The Morgan fingerprint density at radius 2 is 2.37 bits per heavy atom. The van der Waals surface area contributed by atoms with E-state index in [0.29, 0.717) is 13.0 Å². The van der Waals surface area contributed by atoms with Crippen LogP contribution >= 0.6 is 15.9 Å². The topological polar surface area (TPSA) is 39.9 Å². The quantitative estimate of drug-likeness (QED) is 0.810. The van der Waals surface area contributed by atoms with Crippen LogP contribution in [0, 0.1) is 5.82 Å². The average Bonchev–Trinajstić information content (AvgIpc) is 2.96. The van der Waals surface area contributed by atoms with Gasteiger partial charge in [0.1, 0.15) is 17.7 Å². The normalized spacial score (nSPS) is 17.3. The second-order valence-electron chi connectivity index (χ2n) is 4.57. The molecule has 2 heterocycles. The molecule has 0 amide bonds. The van der Waals surface area contributed by atoms with E-state index in [1.54, 1.807) is 10.7 Å². The lowest BCUT2D eigenvalue weighted by Gasteiger charge is -2.09. The summed E-state index contributed by atoms with van der Waals surface area (Å²) in [6.45, 7) is 0.631. The molecule has 1 aliphatic heterocycles. The molecular formula is C13H13BrFN3O. The summed E-state index contributed by atoms with van der Waals surface area (Å²) in [4.78, 5) is 0. The summed E-state index contributed by atoms with van der Waals surface area (Å²) < 4.78 is 20.7. The first-order chi connectivity index (χ1) is 9.24. The molecule has 1 aliphatic rings. The van der Waals surface area contributed by atoms with Crippen LogP contribution in [-0.2, 0) is 19.4 Å². The zero-order valence-electron chi connectivity index (χ0n) is 10.2. The maximum absolute atomic E-state index is 13.1. The zero-order chi connectivity index (χ0) is 13.2. The van der Waals surface area contributed by atoms with Gasteiger partial charge in [-0.1, -0.05) is 21.1 Å². The van der Waals surface area contributed by atoms with Crippen molar-refractivity contribution in [2.45, 2.75) is 25.5 Å². The van der Waals surface area contributed by atoms with Gasteiger partial charge in [0.15, 0.2) is 0 Å². The number of hydrogen-bond donors (Lipinski definition) is 0. The summed E-state index contributed by atoms with van der Waals surface area (Å²) in [7, 11) is 0. The largest absolute Gasteiger partial charge is 0.488 e. The highest BCUT2D eigenvalue weighted by atomic mass is 79.9. The van der Waals surface area contributed by atoms with Crippen molar-refractivity contribution in [3.8, 4) is 5.75 Å². The van der Waals surface area contributed by atoms with Crippen molar-refractivity contribution >= 4 is 15.9 Å². The molecule has 0 saturated carbocycles. The lowest BCUT2D eigenvalue weighted by Crippen LogP contribution is -2.21. The summed E-state index contributed by atoms with van der Waals surface area (Å²) in [5.41, 5.74) is 1.88. The van der Waals surface area contributed by atoms with Crippen LogP contribution in [0.25, 0.3) is 0 Å². The van der Waals surface area contributed by atoms with Gasteiger partial charge < -0.3 is 4.74 Å². The third-order valence-corrected chi connectivity index (χ3v) is 3.49. The fraction of sp³-hybridized carbons (Fsp3) is 0.385. The Morgan fingerprint density at radius 3 is 3.21 bits per heavy atom. The molecule has 2 aromatic rings. The molecule has 0 bridgehead atoms. The fourth-order valence-electron chi connectivity index (χ4n) is 2.24. The van der Waals surface area contributed by atoms with Crippen LogP contribution in [0.1, 0.15) is 11.3 Å². The van der Waals surface area contributed by atoms with Crippen LogP contribution in [0.4, 0.5) is 4.39 Å². The predicted molar refractivity (Wildman–Crippen MR) is 72.0 cm³/mol. The molecule has 19 heavy (non-hydrogen) atoms. The van der Waals surface area contributed by atoms with E-state index in [0.717, 1.165) is 28.8 Å². The van der Waals surface area contributed by atoms with Crippen LogP contribution in [0.2, 0.25) is 0 Å².